The van der Waals surface area contributed by atoms with Crippen LogP contribution in [0.25, 0.3) is 16.5 Å². The Kier molecular flexibility index (Phi) is 3.84. The van der Waals surface area contributed by atoms with Crippen molar-refractivity contribution in [1.29, 1.82) is 0 Å². The minimum absolute atomic E-state index is 0.274. The summed E-state index contributed by atoms with van der Waals surface area (Å²) in [6.07, 6.45) is 1.81. The molecule has 0 fully saturated rings. The molecule has 1 aromatic heterocycles. The standard InChI is InChI=1S/C21H19N3O2/c1-3-24(14-9-5-4-6-10-14)19-18(20(25)23(2)21(19)26)16-13-22-17-12-8-7-11-15(16)17/h4-13,22H,3H2,1-2H3. The molecule has 0 saturated carbocycles. The highest BCUT2D eigenvalue weighted by molar-refractivity contribution is 6.38. The number of anilines is 1. The SMILES string of the molecule is CCN(C1=C(c2c[nH]c3ccccc23)C(=O)N(C)C1=O)c1ccccc1. The lowest BCUT2D eigenvalue weighted by molar-refractivity contribution is -0.135. The minimum atomic E-state index is -0.277. The number of imide groups is 1. The van der Waals surface area contributed by atoms with Gasteiger partial charge in [0.15, 0.2) is 0 Å². The number of amides is 2. The second kappa shape index (κ2) is 6.19. The van der Waals surface area contributed by atoms with Gasteiger partial charge in [-0.1, -0.05) is 36.4 Å². The summed E-state index contributed by atoms with van der Waals surface area (Å²) in [5.41, 5.74) is 3.45. The molecule has 0 unspecified atom stereocenters. The van der Waals surface area contributed by atoms with E-state index in [4.69, 9.17) is 0 Å². The van der Waals surface area contributed by atoms with Gasteiger partial charge in [0.05, 0.1) is 5.57 Å². The molecule has 0 aliphatic carbocycles. The summed E-state index contributed by atoms with van der Waals surface area (Å²) >= 11 is 0. The highest BCUT2D eigenvalue weighted by Crippen LogP contribution is 2.36. The van der Waals surface area contributed by atoms with E-state index in [1.165, 1.54) is 11.9 Å². The normalized spacial score (nSPS) is 14.6. The van der Waals surface area contributed by atoms with Crippen molar-refractivity contribution in [1.82, 2.24) is 9.88 Å². The first-order chi connectivity index (χ1) is 12.6. The molecule has 4 rings (SSSR count). The summed E-state index contributed by atoms with van der Waals surface area (Å²) in [6, 6.07) is 17.5. The molecule has 0 atom stereocenters. The maximum Gasteiger partial charge on any atom is 0.277 e. The van der Waals surface area contributed by atoms with Gasteiger partial charge in [-0.05, 0) is 25.1 Å². The van der Waals surface area contributed by atoms with Gasteiger partial charge < -0.3 is 9.88 Å². The van der Waals surface area contributed by atoms with E-state index >= 15 is 0 Å². The number of benzene rings is 2. The number of carbonyl (C=O) groups is 2. The van der Waals surface area contributed by atoms with E-state index in [0.717, 1.165) is 22.2 Å². The van der Waals surface area contributed by atoms with E-state index in [-0.39, 0.29) is 11.8 Å². The van der Waals surface area contributed by atoms with E-state index in [9.17, 15) is 9.59 Å². The maximum absolute atomic E-state index is 12.9. The highest BCUT2D eigenvalue weighted by Gasteiger charge is 2.40. The molecule has 0 saturated heterocycles. The third-order valence-corrected chi connectivity index (χ3v) is 4.78. The summed E-state index contributed by atoms with van der Waals surface area (Å²) in [5, 5.41) is 0.931. The Bertz CT molecular complexity index is 1030. The molecule has 130 valence electrons. The number of aromatic amines is 1. The lowest BCUT2D eigenvalue weighted by atomic mass is 10.0. The van der Waals surface area contributed by atoms with Crippen molar-refractivity contribution in [2.45, 2.75) is 6.92 Å². The molecule has 2 aromatic carbocycles. The fraction of sp³-hybridized carbons (Fsp3) is 0.143. The first kappa shape index (κ1) is 16.1. The second-order valence-corrected chi connectivity index (χ2v) is 6.22. The van der Waals surface area contributed by atoms with Crippen LogP contribution >= 0.6 is 0 Å². The van der Waals surface area contributed by atoms with Crippen LogP contribution in [0.2, 0.25) is 0 Å². The number of likely N-dealkylation sites (N-methyl/N-ethyl adjacent to an activating group) is 2. The Hall–Kier alpha value is -3.34. The number of nitrogens with one attached hydrogen (secondary N) is 1. The molecule has 0 spiro atoms. The van der Waals surface area contributed by atoms with Crippen LogP contribution in [0.1, 0.15) is 12.5 Å². The molecule has 3 aromatic rings. The third kappa shape index (κ3) is 2.32. The summed E-state index contributed by atoms with van der Waals surface area (Å²) in [6.45, 7) is 2.56. The Morgan fingerprint density at radius 1 is 0.962 bits per heavy atom. The van der Waals surface area contributed by atoms with Gasteiger partial charge in [-0.25, -0.2) is 0 Å². The van der Waals surface area contributed by atoms with E-state index in [1.807, 2.05) is 72.6 Å². The van der Waals surface area contributed by atoms with Crippen LogP contribution < -0.4 is 4.90 Å². The summed E-state index contributed by atoms with van der Waals surface area (Å²) in [5.74, 6) is -0.551. The van der Waals surface area contributed by atoms with Gasteiger partial charge >= 0.3 is 0 Å². The van der Waals surface area contributed by atoms with Crippen LogP contribution in [0.15, 0.2) is 66.5 Å². The van der Waals surface area contributed by atoms with E-state index < -0.39 is 0 Å². The molecule has 0 bridgehead atoms. The number of para-hydroxylation sites is 2. The van der Waals surface area contributed by atoms with Gasteiger partial charge in [-0.15, -0.1) is 0 Å². The van der Waals surface area contributed by atoms with Crippen molar-refractivity contribution < 1.29 is 9.59 Å². The number of hydrogen-bond acceptors (Lipinski definition) is 3. The lowest BCUT2D eigenvalue weighted by Crippen LogP contribution is -2.32. The van der Waals surface area contributed by atoms with Crippen molar-refractivity contribution >= 4 is 34.0 Å². The predicted octanol–water partition coefficient (Wildman–Crippen LogP) is 3.40. The van der Waals surface area contributed by atoms with Gasteiger partial charge in [-0.3, -0.25) is 14.5 Å². The van der Waals surface area contributed by atoms with Crippen molar-refractivity contribution in [3.8, 4) is 0 Å². The largest absolute Gasteiger partial charge is 0.361 e. The van der Waals surface area contributed by atoms with Crippen LogP contribution in [0.4, 0.5) is 5.69 Å². The van der Waals surface area contributed by atoms with Gasteiger partial charge in [0, 0.05) is 41.9 Å². The topological polar surface area (TPSA) is 56.4 Å². The number of nitrogens with zero attached hydrogens (tertiary/aromatic N) is 2. The first-order valence-electron chi connectivity index (χ1n) is 8.59. The Balaban J connectivity index is 1.98. The number of aromatic nitrogens is 1. The van der Waals surface area contributed by atoms with Crippen LogP contribution in [0.5, 0.6) is 0 Å². The molecule has 2 heterocycles. The molecular weight excluding hydrogens is 326 g/mol. The van der Waals surface area contributed by atoms with Crippen molar-refractivity contribution in [2.24, 2.45) is 0 Å². The molecule has 0 radical (unpaired) electrons. The van der Waals surface area contributed by atoms with Crippen molar-refractivity contribution in [3.05, 3.63) is 72.1 Å². The zero-order chi connectivity index (χ0) is 18.3. The molecule has 1 aliphatic rings. The molecule has 1 N–H and O–H groups in total. The first-order valence-corrected chi connectivity index (χ1v) is 8.59. The van der Waals surface area contributed by atoms with Gasteiger partial charge in [-0.2, -0.15) is 0 Å². The van der Waals surface area contributed by atoms with Crippen LogP contribution in [-0.2, 0) is 9.59 Å². The zero-order valence-corrected chi connectivity index (χ0v) is 14.7. The van der Waals surface area contributed by atoms with E-state index in [0.29, 0.717) is 17.8 Å². The molecule has 26 heavy (non-hydrogen) atoms. The molecular formula is C21H19N3O2. The van der Waals surface area contributed by atoms with E-state index in [2.05, 4.69) is 4.98 Å². The average Bonchev–Trinajstić information content (AvgIpc) is 3.19. The van der Waals surface area contributed by atoms with Crippen LogP contribution in [-0.4, -0.2) is 35.3 Å². The Morgan fingerprint density at radius 3 is 2.38 bits per heavy atom. The minimum Gasteiger partial charge on any atom is -0.361 e. The fourth-order valence-corrected chi connectivity index (χ4v) is 3.48. The summed E-state index contributed by atoms with van der Waals surface area (Å²) < 4.78 is 0. The van der Waals surface area contributed by atoms with Gasteiger partial charge in [0.2, 0.25) is 0 Å². The lowest BCUT2D eigenvalue weighted by Gasteiger charge is -2.24. The Labute approximate surface area is 151 Å². The Morgan fingerprint density at radius 2 is 1.65 bits per heavy atom. The second-order valence-electron chi connectivity index (χ2n) is 6.22. The highest BCUT2D eigenvalue weighted by atomic mass is 16.2. The van der Waals surface area contributed by atoms with Crippen molar-refractivity contribution in [2.75, 3.05) is 18.5 Å². The summed E-state index contributed by atoms with van der Waals surface area (Å²) in [4.78, 5) is 32.1. The number of fused-ring (bicyclic) bond motifs is 1. The number of rotatable bonds is 4. The maximum atomic E-state index is 12.9. The van der Waals surface area contributed by atoms with Gasteiger partial charge in [0.1, 0.15) is 5.70 Å². The average molecular weight is 345 g/mol. The zero-order valence-electron chi connectivity index (χ0n) is 14.7. The number of carbonyl (C=O) groups excluding carboxylic acids is 2. The predicted molar refractivity (Wildman–Crippen MR) is 102 cm³/mol. The van der Waals surface area contributed by atoms with Crippen LogP contribution in [0.3, 0.4) is 0 Å². The van der Waals surface area contributed by atoms with E-state index in [1.54, 1.807) is 0 Å². The fourth-order valence-electron chi connectivity index (χ4n) is 3.48. The third-order valence-electron chi connectivity index (χ3n) is 4.78. The quantitative estimate of drug-likeness (QED) is 0.737. The molecule has 5 heteroatoms. The molecule has 1 aliphatic heterocycles. The van der Waals surface area contributed by atoms with Crippen LogP contribution in [0, 0.1) is 0 Å². The monoisotopic (exact) mass is 345 g/mol. The van der Waals surface area contributed by atoms with Gasteiger partial charge in [0.25, 0.3) is 11.8 Å². The molecule has 5 nitrogen and oxygen atoms in total. The molecule has 2 amide bonds. The smallest absolute Gasteiger partial charge is 0.277 e. The summed E-state index contributed by atoms with van der Waals surface area (Å²) in [7, 11) is 1.53. The number of H-pyrrole nitrogens is 1. The number of hydrogen-bond donors (Lipinski definition) is 1. The van der Waals surface area contributed by atoms with Crippen molar-refractivity contribution in [3.63, 3.8) is 0 Å².